The third-order valence-electron chi connectivity index (χ3n) is 2.54. The summed E-state index contributed by atoms with van der Waals surface area (Å²) in [6, 6.07) is 13.1. The number of rotatable bonds is 1. The van der Waals surface area contributed by atoms with Crippen molar-refractivity contribution in [2.45, 2.75) is 0 Å². The molecule has 1 aromatic carbocycles. The van der Waals surface area contributed by atoms with E-state index in [0.29, 0.717) is 0 Å². The molecule has 0 aliphatic heterocycles. The van der Waals surface area contributed by atoms with E-state index in [-0.39, 0.29) is 5.82 Å². The third-order valence-corrected chi connectivity index (χ3v) is 2.54. The third kappa shape index (κ3) is 1.37. The van der Waals surface area contributed by atoms with Crippen LogP contribution in [0.1, 0.15) is 0 Å². The fraction of sp³-hybridized carbons (Fsp3) is 0. The largest absolute Gasteiger partial charge is 0.303 e. The highest BCUT2D eigenvalue weighted by molar-refractivity contribution is 5.76. The van der Waals surface area contributed by atoms with Crippen LogP contribution in [0.4, 0.5) is 4.39 Å². The Hall–Kier alpha value is -2.16. The molecular weight excluding hydrogens is 203 g/mol. The van der Waals surface area contributed by atoms with Crippen molar-refractivity contribution in [3.63, 3.8) is 0 Å². The number of halogens is 1. The van der Waals surface area contributed by atoms with Gasteiger partial charge < -0.3 is 4.40 Å². The molecule has 0 saturated heterocycles. The van der Waals surface area contributed by atoms with Gasteiger partial charge >= 0.3 is 0 Å². The van der Waals surface area contributed by atoms with Crippen LogP contribution in [0, 0.1) is 5.82 Å². The lowest BCUT2D eigenvalue weighted by atomic mass is 10.1. The van der Waals surface area contributed by atoms with Crippen molar-refractivity contribution < 1.29 is 4.39 Å². The summed E-state index contributed by atoms with van der Waals surface area (Å²) in [4.78, 5) is 4.30. The summed E-state index contributed by atoms with van der Waals surface area (Å²) >= 11 is 0. The Bertz CT molecular complexity index is 629. The second kappa shape index (κ2) is 3.45. The van der Waals surface area contributed by atoms with Gasteiger partial charge in [-0.3, -0.25) is 0 Å². The normalized spacial score (nSPS) is 10.8. The molecule has 0 amide bonds. The maximum Gasteiger partial charge on any atom is 0.139 e. The van der Waals surface area contributed by atoms with E-state index in [1.165, 1.54) is 12.3 Å². The summed E-state index contributed by atoms with van der Waals surface area (Å²) < 4.78 is 14.7. The first-order valence-corrected chi connectivity index (χ1v) is 5.02. The number of nitrogens with zero attached hydrogens (tertiary/aromatic N) is 2. The van der Waals surface area contributed by atoms with Gasteiger partial charge in [0.15, 0.2) is 0 Å². The summed E-state index contributed by atoms with van der Waals surface area (Å²) in [7, 11) is 0. The molecule has 3 rings (SSSR count). The van der Waals surface area contributed by atoms with Crippen LogP contribution < -0.4 is 0 Å². The molecule has 0 atom stereocenters. The standard InChI is InChI=1S/C13H9FN2/c14-11-6-7-12-13(15-9-16(12)8-11)10-4-2-1-3-5-10/h1-9H. The van der Waals surface area contributed by atoms with E-state index < -0.39 is 0 Å². The van der Waals surface area contributed by atoms with Gasteiger partial charge in [0.05, 0.1) is 11.2 Å². The molecule has 0 aliphatic rings. The molecular formula is C13H9FN2. The SMILES string of the molecule is Fc1ccc2c(-c3ccccc3)ncn2c1. The van der Waals surface area contributed by atoms with E-state index in [9.17, 15) is 4.39 Å². The Morgan fingerprint density at radius 3 is 2.62 bits per heavy atom. The van der Waals surface area contributed by atoms with E-state index in [1.54, 1.807) is 16.8 Å². The average Bonchev–Trinajstić information content (AvgIpc) is 2.73. The van der Waals surface area contributed by atoms with Gasteiger partial charge in [-0.1, -0.05) is 30.3 Å². The van der Waals surface area contributed by atoms with E-state index in [2.05, 4.69) is 4.98 Å². The molecule has 0 bridgehead atoms. The van der Waals surface area contributed by atoms with E-state index in [0.717, 1.165) is 16.8 Å². The van der Waals surface area contributed by atoms with Crippen molar-refractivity contribution in [1.82, 2.24) is 9.38 Å². The smallest absolute Gasteiger partial charge is 0.139 e. The summed E-state index contributed by atoms with van der Waals surface area (Å²) in [6.07, 6.45) is 3.05. The lowest BCUT2D eigenvalue weighted by molar-refractivity contribution is 0.619. The zero-order valence-electron chi connectivity index (χ0n) is 8.47. The van der Waals surface area contributed by atoms with Crippen molar-refractivity contribution in [2.75, 3.05) is 0 Å². The fourth-order valence-electron chi connectivity index (χ4n) is 1.79. The van der Waals surface area contributed by atoms with Crippen molar-refractivity contribution in [2.24, 2.45) is 0 Å². The molecule has 2 heterocycles. The molecule has 78 valence electrons. The molecule has 0 unspecified atom stereocenters. The zero-order valence-corrected chi connectivity index (χ0v) is 8.47. The Labute approximate surface area is 92.0 Å². The lowest BCUT2D eigenvalue weighted by Gasteiger charge is -1.98. The van der Waals surface area contributed by atoms with Gasteiger partial charge in [-0.25, -0.2) is 9.37 Å². The number of fused-ring (bicyclic) bond motifs is 1. The number of hydrogen-bond acceptors (Lipinski definition) is 1. The zero-order chi connectivity index (χ0) is 11.0. The van der Waals surface area contributed by atoms with Gasteiger partial charge in [-0.15, -0.1) is 0 Å². The van der Waals surface area contributed by atoms with Crippen molar-refractivity contribution >= 4 is 5.52 Å². The minimum atomic E-state index is -0.260. The minimum Gasteiger partial charge on any atom is -0.303 e. The predicted octanol–water partition coefficient (Wildman–Crippen LogP) is 3.14. The number of hydrogen-bond donors (Lipinski definition) is 0. The highest BCUT2D eigenvalue weighted by atomic mass is 19.1. The fourth-order valence-corrected chi connectivity index (χ4v) is 1.79. The van der Waals surface area contributed by atoms with Gasteiger partial charge in [-0.2, -0.15) is 0 Å². The van der Waals surface area contributed by atoms with Gasteiger partial charge in [0.1, 0.15) is 12.1 Å². The van der Waals surface area contributed by atoms with Crippen LogP contribution in [0.3, 0.4) is 0 Å². The number of imidazole rings is 1. The first-order chi connectivity index (χ1) is 7.84. The first kappa shape index (κ1) is 9.09. The first-order valence-electron chi connectivity index (χ1n) is 5.02. The van der Waals surface area contributed by atoms with Gasteiger partial charge in [0, 0.05) is 11.8 Å². The lowest BCUT2D eigenvalue weighted by Crippen LogP contribution is -1.84. The quantitative estimate of drug-likeness (QED) is 0.605. The second-order valence-electron chi connectivity index (χ2n) is 3.60. The maximum absolute atomic E-state index is 13.0. The van der Waals surface area contributed by atoms with Gasteiger partial charge in [-0.05, 0) is 12.1 Å². The molecule has 16 heavy (non-hydrogen) atoms. The van der Waals surface area contributed by atoms with Gasteiger partial charge in [0.25, 0.3) is 0 Å². The highest BCUT2D eigenvalue weighted by Crippen LogP contribution is 2.22. The molecule has 0 saturated carbocycles. The minimum absolute atomic E-state index is 0.260. The van der Waals surface area contributed by atoms with Crippen molar-refractivity contribution in [3.8, 4) is 11.3 Å². The Morgan fingerprint density at radius 1 is 1.00 bits per heavy atom. The van der Waals surface area contributed by atoms with Crippen molar-refractivity contribution in [1.29, 1.82) is 0 Å². The number of benzene rings is 1. The Balaban J connectivity index is 2.26. The van der Waals surface area contributed by atoms with Crippen LogP contribution >= 0.6 is 0 Å². The van der Waals surface area contributed by atoms with Crippen LogP contribution in [-0.2, 0) is 0 Å². The van der Waals surface area contributed by atoms with E-state index in [1.807, 2.05) is 30.3 Å². The molecule has 0 radical (unpaired) electrons. The number of pyridine rings is 1. The van der Waals surface area contributed by atoms with Crippen LogP contribution in [0.15, 0.2) is 55.0 Å². The molecule has 2 nitrogen and oxygen atoms in total. The van der Waals surface area contributed by atoms with Crippen LogP contribution in [0.5, 0.6) is 0 Å². The predicted molar refractivity (Wildman–Crippen MR) is 60.6 cm³/mol. The topological polar surface area (TPSA) is 17.3 Å². The Kier molecular flexibility index (Phi) is 1.96. The monoisotopic (exact) mass is 212 g/mol. The molecule has 0 fully saturated rings. The van der Waals surface area contributed by atoms with Gasteiger partial charge in [0.2, 0.25) is 0 Å². The molecule has 3 aromatic rings. The summed E-state index contributed by atoms with van der Waals surface area (Å²) in [5, 5.41) is 0. The summed E-state index contributed by atoms with van der Waals surface area (Å²) in [5.41, 5.74) is 2.82. The Morgan fingerprint density at radius 2 is 1.81 bits per heavy atom. The van der Waals surface area contributed by atoms with E-state index >= 15 is 0 Å². The van der Waals surface area contributed by atoms with Crippen molar-refractivity contribution in [3.05, 3.63) is 60.8 Å². The van der Waals surface area contributed by atoms with E-state index in [4.69, 9.17) is 0 Å². The molecule has 3 heteroatoms. The average molecular weight is 212 g/mol. The second-order valence-corrected chi connectivity index (χ2v) is 3.60. The highest BCUT2D eigenvalue weighted by Gasteiger charge is 2.06. The number of aromatic nitrogens is 2. The van der Waals surface area contributed by atoms with Crippen LogP contribution in [0.2, 0.25) is 0 Å². The summed E-state index contributed by atoms with van der Waals surface area (Å²) in [5.74, 6) is -0.260. The summed E-state index contributed by atoms with van der Waals surface area (Å²) in [6.45, 7) is 0. The maximum atomic E-state index is 13.0. The van der Waals surface area contributed by atoms with Crippen LogP contribution in [-0.4, -0.2) is 9.38 Å². The van der Waals surface area contributed by atoms with Crippen LogP contribution in [0.25, 0.3) is 16.8 Å². The molecule has 0 spiro atoms. The molecule has 0 aliphatic carbocycles. The molecule has 2 aromatic heterocycles. The molecule has 0 N–H and O–H groups in total.